The number of amides is 1. The lowest BCUT2D eigenvalue weighted by Gasteiger charge is -2.27. The van der Waals surface area contributed by atoms with E-state index in [4.69, 9.17) is 21.1 Å². The van der Waals surface area contributed by atoms with E-state index in [1.54, 1.807) is 31.0 Å². The normalized spacial score (nSPS) is 15.9. The van der Waals surface area contributed by atoms with Gasteiger partial charge in [-0.25, -0.2) is 9.67 Å². The van der Waals surface area contributed by atoms with Crippen LogP contribution >= 0.6 is 11.6 Å². The van der Waals surface area contributed by atoms with E-state index < -0.39 is 0 Å². The lowest BCUT2D eigenvalue weighted by atomic mass is 10.0. The number of aryl methyl sites for hydroxylation is 2. The molecule has 31 heavy (non-hydrogen) atoms. The number of ether oxygens (including phenoxy) is 2. The number of likely N-dealkylation sites (tertiary alicyclic amines) is 1. The highest BCUT2D eigenvalue weighted by atomic mass is 35.5. The van der Waals surface area contributed by atoms with Crippen molar-refractivity contribution in [3.05, 3.63) is 64.1 Å². The van der Waals surface area contributed by atoms with E-state index in [0.717, 1.165) is 41.3 Å². The summed E-state index contributed by atoms with van der Waals surface area (Å²) < 4.78 is 12.7. The Hall–Kier alpha value is -3.06. The van der Waals surface area contributed by atoms with Crippen molar-refractivity contribution in [1.29, 1.82) is 0 Å². The zero-order valence-electron chi connectivity index (χ0n) is 18.1. The topological polar surface area (TPSA) is 69.5 Å². The number of halogens is 1. The Kier molecular flexibility index (Phi) is 5.87. The van der Waals surface area contributed by atoms with Crippen LogP contribution in [0.4, 0.5) is 0 Å². The van der Waals surface area contributed by atoms with Crippen molar-refractivity contribution in [2.45, 2.75) is 32.7 Å². The molecular weight excluding hydrogens is 416 g/mol. The highest BCUT2D eigenvalue weighted by Crippen LogP contribution is 2.40. The van der Waals surface area contributed by atoms with Crippen LogP contribution in [0.1, 0.15) is 46.3 Å². The van der Waals surface area contributed by atoms with E-state index in [1.807, 2.05) is 43.0 Å². The molecule has 1 fully saturated rings. The highest BCUT2D eigenvalue weighted by molar-refractivity contribution is 6.33. The summed E-state index contributed by atoms with van der Waals surface area (Å²) in [5, 5.41) is 4.79. The number of benzene rings is 1. The van der Waals surface area contributed by atoms with Gasteiger partial charge in [0.2, 0.25) is 0 Å². The van der Waals surface area contributed by atoms with Gasteiger partial charge in [-0.3, -0.25) is 4.79 Å². The fraction of sp³-hybridized carbons (Fsp3) is 0.348. The number of hydrogen-bond acceptors (Lipinski definition) is 5. The number of nitrogens with zero attached hydrogens (tertiary/aromatic N) is 4. The summed E-state index contributed by atoms with van der Waals surface area (Å²) in [7, 11) is 3.25. The fourth-order valence-corrected chi connectivity index (χ4v) is 4.32. The molecule has 3 aromatic rings. The zero-order chi connectivity index (χ0) is 22.1. The molecule has 1 amide bonds. The summed E-state index contributed by atoms with van der Waals surface area (Å²) in [4.78, 5) is 20.0. The predicted molar refractivity (Wildman–Crippen MR) is 118 cm³/mol. The van der Waals surface area contributed by atoms with Crippen LogP contribution in [0.15, 0.2) is 36.4 Å². The number of aromatic nitrogens is 3. The van der Waals surface area contributed by atoms with Gasteiger partial charge in [0.25, 0.3) is 5.91 Å². The van der Waals surface area contributed by atoms with Crippen molar-refractivity contribution in [3.8, 4) is 17.3 Å². The van der Waals surface area contributed by atoms with Gasteiger partial charge < -0.3 is 14.4 Å². The van der Waals surface area contributed by atoms with Crippen molar-refractivity contribution in [3.63, 3.8) is 0 Å². The first-order chi connectivity index (χ1) is 14.9. The molecular formula is C23H25ClN4O3. The Morgan fingerprint density at radius 1 is 1.13 bits per heavy atom. The van der Waals surface area contributed by atoms with Gasteiger partial charge in [-0.05, 0) is 63.1 Å². The molecule has 1 unspecified atom stereocenters. The maximum absolute atomic E-state index is 13.6. The van der Waals surface area contributed by atoms with E-state index in [0.29, 0.717) is 17.4 Å². The van der Waals surface area contributed by atoms with Crippen LogP contribution in [0.25, 0.3) is 5.82 Å². The van der Waals surface area contributed by atoms with Crippen LogP contribution < -0.4 is 9.47 Å². The number of hydrogen-bond donors (Lipinski definition) is 0. The van der Waals surface area contributed by atoms with Gasteiger partial charge in [0.05, 0.1) is 31.0 Å². The molecule has 3 heterocycles. The van der Waals surface area contributed by atoms with Crippen LogP contribution in [-0.2, 0) is 0 Å². The summed E-state index contributed by atoms with van der Waals surface area (Å²) in [6.07, 6.45) is 1.70. The van der Waals surface area contributed by atoms with E-state index in [9.17, 15) is 4.79 Å². The van der Waals surface area contributed by atoms with Crippen molar-refractivity contribution < 1.29 is 14.3 Å². The third-order valence-electron chi connectivity index (χ3n) is 5.57. The van der Waals surface area contributed by atoms with E-state index in [-0.39, 0.29) is 17.6 Å². The molecule has 0 aliphatic carbocycles. The van der Waals surface area contributed by atoms with Gasteiger partial charge in [-0.15, -0.1) is 0 Å². The maximum Gasteiger partial charge on any atom is 0.274 e. The van der Waals surface area contributed by atoms with E-state index in [1.165, 1.54) is 0 Å². The molecule has 0 radical (unpaired) electrons. The second-order valence-electron chi connectivity index (χ2n) is 7.60. The Bertz CT molecular complexity index is 1130. The summed E-state index contributed by atoms with van der Waals surface area (Å²) in [6, 6.07) is 10.9. The minimum atomic E-state index is -0.208. The summed E-state index contributed by atoms with van der Waals surface area (Å²) in [5.74, 6) is 1.80. The van der Waals surface area contributed by atoms with Crippen LogP contribution in [0.2, 0.25) is 5.02 Å². The molecule has 1 atom stereocenters. The molecule has 0 spiro atoms. The van der Waals surface area contributed by atoms with E-state index >= 15 is 0 Å². The quantitative estimate of drug-likeness (QED) is 0.582. The summed E-state index contributed by atoms with van der Waals surface area (Å²) in [5.41, 5.74) is 2.96. The van der Waals surface area contributed by atoms with Gasteiger partial charge in [-0.2, -0.15) is 5.10 Å². The lowest BCUT2D eigenvalue weighted by molar-refractivity contribution is 0.0728. The van der Waals surface area contributed by atoms with Crippen LogP contribution in [0.5, 0.6) is 11.5 Å². The molecule has 8 heteroatoms. The van der Waals surface area contributed by atoms with Crippen molar-refractivity contribution in [2.75, 3.05) is 20.8 Å². The maximum atomic E-state index is 13.6. The third kappa shape index (κ3) is 3.97. The molecule has 0 saturated carbocycles. The molecule has 2 aromatic heterocycles. The SMILES string of the molecule is COc1ccc(OC)c(C2CCCN2C(=O)c2nc(-n3nc(C)cc3C)ccc2Cl)c1. The van der Waals surface area contributed by atoms with Crippen LogP contribution in [-0.4, -0.2) is 46.3 Å². The largest absolute Gasteiger partial charge is 0.497 e. The zero-order valence-corrected chi connectivity index (χ0v) is 18.8. The number of carbonyl (C=O) groups excluding carboxylic acids is 1. The first kappa shape index (κ1) is 21.2. The molecule has 0 bridgehead atoms. The number of rotatable bonds is 5. The minimum Gasteiger partial charge on any atom is -0.497 e. The van der Waals surface area contributed by atoms with Gasteiger partial charge in [-0.1, -0.05) is 11.6 Å². The average Bonchev–Trinajstić information content (AvgIpc) is 3.39. The second-order valence-corrected chi connectivity index (χ2v) is 8.01. The molecule has 1 aliphatic heterocycles. The molecule has 1 aliphatic rings. The van der Waals surface area contributed by atoms with Crippen molar-refractivity contribution in [2.24, 2.45) is 0 Å². The van der Waals surface area contributed by atoms with E-state index in [2.05, 4.69) is 10.1 Å². The second kappa shape index (κ2) is 8.59. The summed E-state index contributed by atoms with van der Waals surface area (Å²) in [6.45, 7) is 4.48. The van der Waals surface area contributed by atoms with Gasteiger partial charge in [0.15, 0.2) is 5.82 Å². The number of pyridine rings is 1. The number of methoxy groups -OCH3 is 2. The Balaban J connectivity index is 1.71. The Morgan fingerprint density at radius 2 is 1.94 bits per heavy atom. The minimum absolute atomic E-state index is 0.146. The Labute approximate surface area is 186 Å². The first-order valence-corrected chi connectivity index (χ1v) is 10.5. The molecule has 162 valence electrons. The number of carbonyl (C=O) groups is 1. The smallest absolute Gasteiger partial charge is 0.274 e. The molecule has 1 aromatic carbocycles. The van der Waals surface area contributed by atoms with Gasteiger partial charge in [0.1, 0.15) is 17.2 Å². The summed E-state index contributed by atoms with van der Waals surface area (Å²) >= 11 is 6.42. The highest BCUT2D eigenvalue weighted by Gasteiger charge is 2.34. The molecule has 0 N–H and O–H groups in total. The van der Waals surface area contributed by atoms with Crippen molar-refractivity contribution >= 4 is 17.5 Å². The lowest BCUT2D eigenvalue weighted by Crippen LogP contribution is -2.32. The third-order valence-corrected chi connectivity index (χ3v) is 5.88. The van der Waals surface area contributed by atoms with Crippen LogP contribution in [0, 0.1) is 13.8 Å². The Morgan fingerprint density at radius 3 is 2.61 bits per heavy atom. The average molecular weight is 441 g/mol. The van der Waals surface area contributed by atoms with Gasteiger partial charge >= 0.3 is 0 Å². The monoisotopic (exact) mass is 440 g/mol. The molecule has 4 rings (SSSR count). The predicted octanol–water partition coefficient (Wildman–Crippen LogP) is 4.53. The standard InChI is InChI=1S/C23H25ClN4O3/c1-14-12-15(2)28(26-14)21-10-8-18(24)22(25-21)23(29)27-11-5-6-19(27)17-13-16(30-3)7-9-20(17)31-4/h7-10,12-13,19H,5-6,11H2,1-4H3. The fourth-order valence-electron chi connectivity index (χ4n) is 4.13. The first-order valence-electron chi connectivity index (χ1n) is 10.2. The van der Waals surface area contributed by atoms with Gasteiger partial charge in [0, 0.05) is 17.8 Å². The molecule has 1 saturated heterocycles. The van der Waals surface area contributed by atoms with Crippen LogP contribution in [0.3, 0.4) is 0 Å². The molecule has 7 nitrogen and oxygen atoms in total. The van der Waals surface area contributed by atoms with Crippen molar-refractivity contribution in [1.82, 2.24) is 19.7 Å².